The average molecular weight is 642 g/mol. The van der Waals surface area contributed by atoms with Crippen molar-refractivity contribution in [2.45, 2.75) is 33.4 Å². The lowest BCUT2D eigenvalue weighted by molar-refractivity contribution is -0.139. The SMILES string of the molecule is CCOC(=O)C1=C(C)N=c2s/c(=C\c3c(C)n(Cc4ccc(Cl)cc4)c4ccccc34)c(=O)n2[C@@H]1c1ccc(OC)c(OC)c1. The zero-order valence-electron chi connectivity index (χ0n) is 25.6. The molecule has 0 spiro atoms. The smallest absolute Gasteiger partial charge is 0.338 e. The highest BCUT2D eigenvalue weighted by atomic mass is 35.5. The molecular weight excluding hydrogens is 610 g/mol. The van der Waals surface area contributed by atoms with Crippen LogP contribution in [0.4, 0.5) is 0 Å². The number of halogens is 1. The number of hydrogen-bond acceptors (Lipinski definition) is 7. The summed E-state index contributed by atoms with van der Waals surface area (Å²) in [5.74, 6) is 0.505. The van der Waals surface area contributed by atoms with Gasteiger partial charge in [-0.05, 0) is 68.3 Å². The molecule has 0 aliphatic carbocycles. The number of rotatable bonds is 8. The summed E-state index contributed by atoms with van der Waals surface area (Å²) in [5, 5.41) is 1.73. The molecule has 45 heavy (non-hydrogen) atoms. The van der Waals surface area contributed by atoms with E-state index in [1.807, 2.05) is 48.5 Å². The van der Waals surface area contributed by atoms with E-state index in [1.165, 1.54) is 11.3 Å². The maximum Gasteiger partial charge on any atom is 0.338 e. The molecule has 2 aromatic heterocycles. The molecule has 0 fully saturated rings. The molecule has 3 aromatic carbocycles. The fourth-order valence-corrected chi connectivity index (χ4v) is 7.03. The number of methoxy groups -OCH3 is 2. The highest BCUT2D eigenvalue weighted by Gasteiger charge is 2.34. The molecule has 1 aliphatic rings. The Morgan fingerprint density at radius 1 is 1.02 bits per heavy atom. The molecule has 1 aliphatic heterocycles. The molecule has 3 heterocycles. The van der Waals surface area contributed by atoms with Crippen molar-refractivity contribution >= 4 is 45.9 Å². The minimum Gasteiger partial charge on any atom is -0.493 e. The monoisotopic (exact) mass is 641 g/mol. The number of carbonyl (C=O) groups excluding carboxylic acids is 1. The molecule has 8 nitrogen and oxygen atoms in total. The fraction of sp³-hybridized carbons (Fsp3) is 0.229. The summed E-state index contributed by atoms with van der Waals surface area (Å²) in [5.41, 5.74) is 5.38. The molecule has 1 atom stereocenters. The molecule has 0 amide bonds. The van der Waals surface area contributed by atoms with E-state index in [-0.39, 0.29) is 12.2 Å². The van der Waals surface area contributed by atoms with E-state index in [0.29, 0.717) is 49.2 Å². The van der Waals surface area contributed by atoms with Gasteiger partial charge in [0.2, 0.25) is 0 Å². The van der Waals surface area contributed by atoms with Gasteiger partial charge in [-0.2, -0.15) is 0 Å². The van der Waals surface area contributed by atoms with Crippen LogP contribution in [0.5, 0.6) is 11.5 Å². The van der Waals surface area contributed by atoms with E-state index in [1.54, 1.807) is 44.8 Å². The van der Waals surface area contributed by atoms with Crippen molar-refractivity contribution in [1.29, 1.82) is 0 Å². The Kier molecular flexibility index (Phi) is 8.40. The molecule has 230 valence electrons. The third kappa shape index (κ3) is 5.47. The van der Waals surface area contributed by atoms with Gasteiger partial charge in [-0.1, -0.05) is 59.3 Å². The minimum absolute atomic E-state index is 0.193. The van der Waals surface area contributed by atoms with Gasteiger partial charge in [0.05, 0.1) is 42.7 Å². The molecule has 0 radical (unpaired) electrons. The zero-order valence-corrected chi connectivity index (χ0v) is 27.2. The maximum absolute atomic E-state index is 14.3. The number of allylic oxidation sites excluding steroid dienone is 1. The first-order valence-corrected chi connectivity index (χ1v) is 15.7. The molecule has 10 heteroatoms. The van der Waals surface area contributed by atoms with Crippen LogP contribution in [0.15, 0.2) is 87.8 Å². The van der Waals surface area contributed by atoms with Crippen molar-refractivity contribution in [2.24, 2.45) is 4.99 Å². The maximum atomic E-state index is 14.3. The summed E-state index contributed by atoms with van der Waals surface area (Å²) in [6.07, 6.45) is 1.94. The number of nitrogens with zero attached hydrogens (tertiary/aromatic N) is 3. The molecule has 0 N–H and O–H groups in total. The van der Waals surface area contributed by atoms with Crippen LogP contribution in [0, 0.1) is 6.92 Å². The highest BCUT2D eigenvalue weighted by Crippen LogP contribution is 2.36. The molecule has 0 saturated carbocycles. The van der Waals surface area contributed by atoms with Crippen LogP contribution in [0.25, 0.3) is 17.0 Å². The van der Waals surface area contributed by atoms with Crippen molar-refractivity contribution in [3.05, 3.63) is 125 Å². The first-order chi connectivity index (χ1) is 21.7. The van der Waals surface area contributed by atoms with Gasteiger partial charge in [0.1, 0.15) is 0 Å². The highest BCUT2D eigenvalue weighted by molar-refractivity contribution is 7.07. The number of ether oxygens (including phenoxy) is 3. The number of para-hydroxylation sites is 1. The van der Waals surface area contributed by atoms with Crippen LogP contribution in [0.2, 0.25) is 5.02 Å². The second kappa shape index (κ2) is 12.4. The lowest BCUT2D eigenvalue weighted by atomic mass is 9.95. The molecule has 0 unspecified atom stereocenters. The summed E-state index contributed by atoms with van der Waals surface area (Å²) in [6.45, 7) is 6.43. The molecule has 5 aromatic rings. The zero-order chi connectivity index (χ0) is 31.8. The van der Waals surface area contributed by atoms with E-state index in [2.05, 4.69) is 23.6 Å². The van der Waals surface area contributed by atoms with Gasteiger partial charge in [-0.25, -0.2) is 9.79 Å². The topological polar surface area (TPSA) is 84.1 Å². The largest absolute Gasteiger partial charge is 0.493 e. The number of fused-ring (bicyclic) bond motifs is 2. The first-order valence-electron chi connectivity index (χ1n) is 14.5. The Hall–Kier alpha value is -4.60. The predicted molar refractivity (Wildman–Crippen MR) is 177 cm³/mol. The van der Waals surface area contributed by atoms with E-state index in [4.69, 9.17) is 30.8 Å². The Morgan fingerprint density at radius 3 is 2.47 bits per heavy atom. The Bertz CT molecular complexity index is 2160. The van der Waals surface area contributed by atoms with Crippen molar-refractivity contribution in [3.63, 3.8) is 0 Å². The summed E-state index contributed by atoms with van der Waals surface area (Å²) in [6, 6.07) is 20.6. The number of carbonyl (C=O) groups is 1. The predicted octanol–water partition coefficient (Wildman–Crippen LogP) is 5.78. The number of benzene rings is 3. The number of hydrogen-bond donors (Lipinski definition) is 0. The van der Waals surface area contributed by atoms with Crippen LogP contribution in [0.3, 0.4) is 0 Å². The third-order valence-electron chi connectivity index (χ3n) is 8.05. The standard InChI is InChI=1S/C35H32ClN3O5S/c1-6-44-34(41)31-20(2)37-35-39(32(31)23-13-16-28(42-4)29(17-23)43-5)33(40)30(45-35)18-26-21(3)38(27-10-8-7-9-25(26)27)19-22-11-14-24(36)15-12-22/h7-18,32H,6,19H2,1-5H3/b30-18-/t32-/m1/s1. The van der Waals surface area contributed by atoms with E-state index in [9.17, 15) is 9.59 Å². The van der Waals surface area contributed by atoms with E-state index < -0.39 is 12.0 Å². The number of aromatic nitrogens is 2. The third-order valence-corrected chi connectivity index (χ3v) is 9.28. The van der Waals surface area contributed by atoms with Crippen LogP contribution in [0.1, 0.15) is 42.3 Å². The van der Waals surface area contributed by atoms with Gasteiger partial charge < -0.3 is 18.8 Å². The van der Waals surface area contributed by atoms with Gasteiger partial charge in [0.25, 0.3) is 5.56 Å². The Balaban J connectivity index is 1.55. The van der Waals surface area contributed by atoms with Crippen molar-refractivity contribution < 1.29 is 19.0 Å². The van der Waals surface area contributed by atoms with Gasteiger partial charge in [-0.3, -0.25) is 9.36 Å². The van der Waals surface area contributed by atoms with Crippen molar-refractivity contribution in [2.75, 3.05) is 20.8 Å². The molecular formula is C35H32ClN3O5S. The summed E-state index contributed by atoms with van der Waals surface area (Å²) < 4.78 is 20.8. The van der Waals surface area contributed by atoms with Gasteiger partial charge >= 0.3 is 5.97 Å². The first kappa shape index (κ1) is 30.4. The Morgan fingerprint density at radius 2 is 1.76 bits per heavy atom. The van der Waals surface area contributed by atoms with Gasteiger partial charge in [-0.15, -0.1) is 0 Å². The van der Waals surface area contributed by atoms with E-state index in [0.717, 1.165) is 27.7 Å². The summed E-state index contributed by atoms with van der Waals surface area (Å²) in [4.78, 5) is 32.9. The molecule has 0 saturated heterocycles. The number of thiazole rings is 1. The quantitative estimate of drug-likeness (QED) is 0.201. The van der Waals surface area contributed by atoms with Crippen LogP contribution < -0.4 is 24.4 Å². The number of esters is 1. The van der Waals surface area contributed by atoms with Crippen molar-refractivity contribution in [1.82, 2.24) is 9.13 Å². The van der Waals surface area contributed by atoms with Crippen LogP contribution in [-0.4, -0.2) is 35.9 Å². The minimum atomic E-state index is -0.769. The van der Waals surface area contributed by atoms with Crippen LogP contribution >= 0.6 is 22.9 Å². The second-order valence-corrected chi connectivity index (χ2v) is 12.1. The summed E-state index contributed by atoms with van der Waals surface area (Å²) in [7, 11) is 3.11. The normalized spacial score (nSPS) is 14.8. The average Bonchev–Trinajstić information content (AvgIpc) is 3.49. The molecule has 0 bridgehead atoms. The van der Waals surface area contributed by atoms with E-state index >= 15 is 0 Å². The lowest BCUT2D eigenvalue weighted by Crippen LogP contribution is -2.40. The van der Waals surface area contributed by atoms with Gasteiger partial charge in [0, 0.05) is 33.7 Å². The van der Waals surface area contributed by atoms with Crippen molar-refractivity contribution in [3.8, 4) is 11.5 Å². The molecule has 6 rings (SSSR count). The lowest BCUT2D eigenvalue weighted by Gasteiger charge is -2.25. The van der Waals surface area contributed by atoms with Gasteiger partial charge in [0.15, 0.2) is 16.3 Å². The second-order valence-electron chi connectivity index (χ2n) is 10.6. The van der Waals surface area contributed by atoms with Crippen LogP contribution in [-0.2, 0) is 16.1 Å². The Labute approximate surface area is 269 Å². The summed E-state index contributed by atoms with van der Waals surface area (Å²) >= 11 is 7.43. The fourth-order valence-electron chi connectivity index (χ4n) is 5.88.